The Morgan fingerprint density at radius 1 is 0.812 bits per heavy atom. The molecule has 0 fully saturated rings. The van der Waals surface area contributed by atoms with E-state index in [1.54, 1.807) is 24.3 Å². The van der Waals surface area contributed by atoms with Crippen molar-refractivity contribution in [2.45, 2.75) is 24.7 Å². The third-order valence-electron chi connectivity index (χ3n) is 5.44. The predicted octanol–water partition coefficient (Wildman–Crippen LogP) is 6.83. The average molecular weight is 445 g/mol. The second-order valence-electron chi connectivity index (χ2n) is 7.61. The van der Waals surface area contributed by atoms with Crippen LogP contribution in [0.15, 0.2) is 97.1 Å². The van der Waals surface area contributed by atoms with E-state index in [4.69, 9.17) is 11.6 Å². The molecule has 3 nitrogen and oxygen atoms in total. The number of carbonyl (C=O) groups excluding carboxylic acids is 1. The highest BCUT2D eigenvalue weighted by molar-refractivity contribution is 6.30. The molecular weight excluding hydrogens is 420 g/mol. The summed E-state index contributed by atoms with van der Waals surface area (Å²) in [5.74, 6) is -1.05. The maximum atomic E-state index is 13.6. The van der Waals surface area contributed by atoms with E-state index < -0.39 is 11.4 Å². The molecular formula is C28H25ClO3. The number of aliphatic carboxylic acids is 1. The zero-order valence-corrected chi connectivity index (χ0v) is 18.4. The van der Waals surface area contributed by atoms with Gasteiger partial charge < -0.3 is 5.11 Å². The number of carboxylic acids is 1. The van der Waals surface area contributed by atoms with Gasteiger partial charge in [0.25, 0.3) is 0 Å². The average Bonchev–Trinajstić information content (AvgIpc) is 2.82. The summed E-state index contributed by atoms with van der Waals surface area (Å²) < 4.78 is 0. The minimum atomic E-state index is -0.978. The van der Waals surface area contributed by atoms with E-state index in [1.165, 1.54) is 0 Å². The minimum absolute atomic E-state index is 0.103. The topological polar surface area (TPSA) is 54.4 Å². The molecule has 1 atom stereocenters. The fourth-order valence-corrected chi connectivity index (χ4v) is 3.80. The Morgan fingerprint density at radius 3 is 2.03 bits per heavy atom. The lowest BCUT2D eigenvalue weighted by atomic mass is 9.70. The van der Waals surface area contributed by atoms with Crippen LogP contribution in [0.4, 0.5) is 0 Å². The largest absolute Gasteiger partial charge is 0.481 e. The van der Waals surface area contributed by atoms with Crippen molar-refractivity contribution in [2.24, 2.45) is 0 Å². The molecule has 32 heavy (non-hydrogen) atoms. The molecule has 3 rings (SSSR count). The summed E-state index contributed by atoms with van der Waals surface area (Å²) in [5, 5.41) is 10.0. The standard InChI is InChI=1S/C28H25ClO3/c29-25-16-13-23(14-17-25)15-18-26(30)28(21-19-27(31)32,24-11-5-2-6-12-24)20-7-10-22-8-3-1-4-9-22/h1-18H,19-21H2,(H,31,32)/b10-7+,18-15?. The van der Waals surface area contributed by atoms with E-state index in [9.17, 15) is 14.7 Å². The van der Waals surface area contributed by atoms with Crippen LogP contribution in [-0.2, 0) is 15.0 Å². The molecule has 0 aromatic heterocycles. The van der Waals surface area contributed by atoms with Crippen molar-refractivity contribution in [1.29, 1.82) is 0 Å². The molecule has 0 aliphatic carbocycles. The van der Waals surface area contributed by atoms with Gasteiger partial charge in [0.15, 0.2) is 5.78 Å². The Kier molecular flexibility index (Phi) is 8.18. The van der Waals surface area contributed by atoms with Crippen LogP contribution in [0.5, 0.6) is 0 Å². The molecule has 0 saturated carbocycles. The molecule has 0 radical (unpaired) electrons. The summed E-state index contributed by atoms with van der Waals surface area (Å²) >= 11 is 5.95. The maximum Gasteiger partial charge on any atom is 0.303 e. The van der Waals surface area contributed by atoms with Gasteiger partial charge in [-0.05, 0) is 47.7 Å². The highest BCUT2D eigenvalue weighted by Gasteiger charge is 2.37. The van der Waals surface area contributed by atoms with Gasteiger partial charge in [0.2, 0.25) is 0 Å². The highest BCUT2D eigenvalue weighted by Crippen LogP contribution is 2.36. The molecule has 0 bridgehead atoms. The number of hydrogen-bond donors (Lipinski definition) is 1. The monoisotopic (exact) mass is 444 g/mol. The van der Waals surface area contributed by atoms with E-state index in [-0.39, 0.29) is 18.6 Å². The fraction of sp³-hybridized carbons (Fsp3) is 0.143. The van der Waals surface area contributed by atoms with Gasteiger partial charge in [0.05, 0.1) is 5.41 Å². The molecule has 0 saturated heterocycles. The number of carbonyl (C=O) groups is 2. The van der Waals surface area contributed by atoms with E-state index in [0.29, 0.717) is 11.4 Å². The van der Waals surface area contributed by atoms with Gasteiger partial charge in [0.1, 0.15) is 0 Å². The summed E-state index contributed by atoms with van der Waals surface area (Å²) in [6.45, 7) is 0. The Morgan fingerprint density at radius 2 is 1.41 bits per heavy atom. The number of halogens is 1. The van der Waals surface area contributed by atoms with Crippen molar-refractivity contribution in [3.8, 4) is 0 Å². The summed E-state index contributed by atoms with van der Waals surface area (Å²) in [7, 11) is 0. The van der Waals surface area contributed by atoms with E-state index in [0.717, 1.165) is 16.7 Å². The van der Waals surface area contributed by atoms with E-state index in [1.807, 2.05) is 84.9 Å². The van der Waals surface area contributed by atoms with Crippen molar-refractivity contribution < 1.29 is 14.7 Å². The number of benzene rings is 3. The van der Waals surface area contributed by atoms with Crippen molar-refractivity contribution in [2.75, 3.05) is 0 Å². The fourth-order valence-electron chi connectivity index (χ4n) is 3.67. The lowest BCUT2D eigenvalue weighted by Gasteiger charge is -2.31. The van der Waals surface area contributed by atoms with Gasteiger partial charge in [-0.25, -0.2) is 0 Å². The van der Waals surface area contributed by atoms with E-state index >= 15 is 0 Å². The molecule has 4 heteroatoms. The second kappa shape index (κ2) is 11.3. The quantitative estimate of drug-likeness (QED) is 0.349. The summed E-state index contributed by atoms with van der Waals surface area (Å²) in [4.78, 5) is 25.1. The normalized spacial score (nSPS) is 13.3. The Hall–Kier alpha value is -3.43. The van der Waals surface area contributed by atoms with Gasteiger partial charge in [-0.2, -0.15) is 0 Å². The van der Waals surface area contributed by atoms with Crippen LogP contribution in [0.2, 0.25) is 5.02 Å². The summed E-state index contributed by atoms with van der Waals surface area (Å²) in [6, 6.07) is 26.5. The van der Waals surface area contributed by atoms with Crippen molar-refractivity contribution in [1.82, 2.24) is 0 Å². The molecule has 0 aliphatic rings. The first kappa shape index (κ1) is 23.2. The molecule has 0 spiro atoms. The Bertz CT molecular complexity index is 1090. The van der Waals surface area contributed by atoms with Crippen LogP contribution in [0.3, 0.4) is 0 Å². The Balaban J connectivity index is 1.97. The van der Waals surface area contributed by atoms with Crippen LogP contribution >= 0.6 is 11.6 Å². The van der Waals surface area contributed by atoms with Gasteiger partial charge in [0, 0.05) is 11.4 Å². The molecule has 0 aliphatic heterocycles. The minimum Gasteiger partial charge on any atom is -0.481 e. The van der Waals surface area contributed by atoms with Crippen LogP contribution in [0, 0.1) is 0 Å². The van der Waals surface area contributed by atoms with Crippen molar-refractivity contribution in [3.63, 3.8) is 0 Å². The molecule has 3 aromatic rings. The first-order chi connectivity index (χ1) is 15.5. The second-order valence-corrected chi connectivity index (χ2v) is 8.04. The number of allylic oxidation sites excluding steroid dienone is 2. The summed E-state index contributed by atoms with van der Waals surface area (Å²) in [6.07, 6.45) is 7.71. The lowest BCUT2D eigenvalue weighted by Crippen LogP contribution is -2.35. The first-order valence-corrected chi connectivity index (χ1v) is 10.8. The molecule has 1 unspecified atom stereocenters. The molecule has 3 aromatic carbocycles. The predicted molar refractivity (Wildman–Crippen MR) is 131 cm³/mol. The maximum absolute atomic E-state index is 13.6. The van der Waals surface area contributed by atoms with Crippen LogP contribution in [-0.4, -0.2) is 16.9 Å². The Labute approximate surface area is 193 Å². The lowest BCUT2D eigenvalue weighted by molar-refractivity contribution is -0.137. The molecule has 1 N–H and O–H groups in total. The van der Waals surface area contributed by atoms with E-state index in [2.05, 4.69) is 0 Å². The first-order valence-electron chi connectivity index (χ1n) is 10.5. The number of hydrogen-bond acceptors (Lipinski definition) is 2. The smallest absolute Gasteiger partial charge is 0.303 e. The van der Waals surface area contributed by atoms with Gasteiger partial charge >= 0.3 is 5.97 Å². The molecule has 0 heterocycles. The van der Waals surface area contributed by atoms with Crippen LogP contribution in [0.25, 0.3) is 12.2 Å². The number of carboxylic acid groups (broad SMARTS) is 1. The van der Waals surface area contributed by atoms with Gasteiger partial charge in [-0.15, -0.1) is 0 Å². The zero-order chi connectivity index (χ0) is 22.8. The summed E-state index contributed by atoms with van der Waals surface area (Å²) in [5.41, 5.74) is 1.71. The molecule has 162 valence electrons. The third-order valence-corrected chi connectivity index (χ3v) is 5.69. The number of ketones is 1. The van der Waals surface area contributed by atoms with Crippen molar-refractivity contribution >= 4 is 35.5 Å². The zero-order valence-electron chi connectivity index (χ0n) is 17.7. The van der Waals surface area contributed by atoms with Crippen LogP contribution < -0.4 is 0 Å². The van der Waals surface area contributed by atoms with Crippen molar-refractivity contribution in [3.05, 3.63) is 119 Å². The highest BCUT2D eigenvalue weighted by atomic mass is 35.5. The van der Waals surface area contributed by atoms with Crippen LogP contribution in [0.1, 0.15) is 36.0 Å². The third kappa shape index (κ3) is 6.29. The SMILES string of the molecule is O=C(O)CCC(C/C=C/c1ccccc1)(C(=O)C=Cc1ccc(Cl)cc1)c1ccccc1. The van der Waals surface area contributed by atoms with Gasteiger partial charge in [-0.3, -0.25) is 9.59 Å². The van der Waals surface area contributed by atoms with Gasteiger partial charge in [-0.1, -0.05) is 103 Å². The molecule has 0 amide bonds. The number of rotatable bonds is 10.